The minimum absolute atomic E-state index is 0.0756. The van der Waals surface area contributed by atoms with Gasteiger partial charge in [0.15, 0.2) is 0 Å². The van der Waals surface area contributed by atoms with Crippen LogP contribution < -0.4 is 10.2 Å². The average molecular weight is 377 g/mol. The average Bonchev–Trinajstić information content (AvgIpc) is 2.95. The third-order valence-electron chi connectivity index (χ3n) is 4.42. The van der Waals surface area contributed by atoms with Gasteiger partial charge in [-0.25, -0.2) is 0 Å². The molecule has 1 saturated heterocycles. The molecule has 1 unspecified atom stereocenters. The highest BCUT2D eigenvalue weighted by atomic mass is 35.5. The SMILES string of the molecule is Cc1ccc(Cl)cc1NC(=O)C1CC(=O)N(c2cc(Cl)ccc2C)C1. The summed E-state index contributed by atoms with van der Waals surface area (Å²) in [7, 11) is 0. The quantitative estimate of drug-likeness (QED) is 0.850. The third kappa shape index (κ3) is 3.80. The second-order valence-electron chi connectivity index (χ2n) is 6.28. The second kappa shape index (κ2) is 7.06. The Morgan fingerprint density at radius 1 is 1.08 bits per heavy atom. The van der Waals surface area contributed by atoms with Crippen molar-refractivity contribution in [3.05, 3.63) is 57.6 Å². The first-order valence-corrected chi connectivity index (χ1v) is 8.74. The van der Waals surface area contributed by atoms with Crippen LogP contribution in [0.1, 0.15) is 17.5 Å². The highest BCUT2D eigenvalue weighted by molar-refractivity contribution is 6.31. The van der Waals surface area contributed by atoms with Crippen molar-refractivity contribution < 1.29 is 9.59 Å². The van der Waals surface area contributed by atoms with Crippen molar-refractivity contribution in [1.82, 2.24) is 0 Å². The van der Waals surface area contributed by atoms with Crippen molar-refractivity contribution in [2.24, 2.45) is 5.92 Å². The molecule has 2 amide bonds. The Kier molecular flexibility index (Phi) is 5.02. The number of carbonyl (C=O) groups excluding carboxylic acids is 2. The van der Waals surface area contributed by atoms with E-state index in [1.54, 1.807) is 29.2 Å². The molecule has 0 spiro atoms. The Bertz CT molecular complexity index is 851. The molecule has 1 aliphatic rings. The first kappa shape index (κ1) is 17.8. The predicted molar refractivity (Wildman–Crippen MR) is 101 cm³/mol. The Morgan fingerprint density at radius 2 is 1.72 bits per heavy atom. The number of halogens is 2. The van der Waals surface area contributed by atoms with E-state index < -0.39 is 5.92 Å². The van der Waals surface area contributed by atoms with Gasteiger partial charge in [0.25, 0.3) is 0 Å². The minimum Gasteiger partial charge on any atom is -0.325 e. The zero-order chi connectivity index (χ0) is 18.1. The van der Waals surface area contributed by atoms with Gasteiger partial charge >= 0.3 is 0 Å². The van der Waals surface area contributed by atoms with E-state index in [9.17, 15) is 9.59 Å². The van der Waals surface area contributed by atoms with E-state index in [-0.39, 0.29) is 18.2 Å². The topological polar surface area (TPSA) is 49.4 Å². The summed E-state index contributed by atoms with van der Waals surface area (Å²) in [6, 6.07) is 10.7. The van der Waals surface area contributed by atoms with Crippen molar-refractivity contribution >= 4 is 46.4 Å². The summed E-state index contributed by atoms with van der Waals surface area (Å²) in [4.78, 5) is 26.6. The summed E-state index contributed by atoms with van der Waals surface area (Å²) in [6.45, 7) is 4.15. The molecule has 0 radical (unpaired) electrons. The molecule has 6 heteroatoms. The largest absolute Gasteiger partial charge is 0.325 e. The smallest absolute Gasteiger partial charge is 0.229 e. The Morgan fingerprint density at radius 3 is 2.44 bits per heavy atom. The van der Waals surface area contributed by atoms with Crippen molar-refractivity contribution in [3.8, 4) is 0 Å². The van der Waals surface area contributed by atoms with Crippen molar-refractivity contribution in [3.63, 3.8) is 0 Å². The van der Waals surface area contributed by atoms with Gasteiger partial charge in [0.05, 0.1) is 5.92 Å². The highest BCUT2D eigenvalue weighted by Gasteiger charge is 2.35. The lowest BCUT2D eigenvalue weighted by Crippen LogP contribution is -2.28. The molecule has 130 valence electrons. The molecule has 0 aliphatic carbocycles. The van der Waals surface area contributed by atoms with Gasteiger partial charge in [-0.05, 0) is 49.2 Å². The normalized spacial score (nSPS) is 17.0. The van der Waals surface area contributed by atoms with E-state index in [4.69, 9.17) is 23.2 Å². The molecule has 25 heavy (non-hydrogen) atoms. The number of nitrogens with one attached hydrogen (secondary N) is 1. The van der Waals surface area contributed by atoms with Crippen LogP contribution in [0.5, 0.6) is 0 Å². The highest BCUT2D eigenvalue weighted by Crippen LogP contribution is 2.31. The lowest BCUT2D eigenvalue weighted by molar-refractivity contribution is -0.122. The van der Waals surface area contributed by atoms with Crippen LogP contribution in [-0.2, 0) is 9.59 Å². The van der Waals surface area contributed by atoms with Crippen molar-refractivity contribution in [2.45, 2.75) is 20.3 Å². The van der Waals surface area contributed by atoms with Crippen LogP contribution in [0.4, 0.5) is 11.4 Å². The fourth-order valence-corrected chi connectivity index (χ4v) is 3.29. The molecule has 1 N–H and O–H groups in total. The van der Waals surface area contributed by atoms with E-state index in [1.807, 2.05) is 26.0 Å². The molecule has 1 fully saturated rings. The van der Waals surface area contributed by atoms with Crippen LogP contribution in [0, 0.1) is 19.8 Å². The number of nitrogens with zero attached hydrogens (tertiary/aromatic N) is 1. The van der Waals surface area contributed by atoms with Crippen LogP contribution in [0.25, 0.3) is 0 Å². The molecule has 4 nitrogen and oxygen atoms in total. The van der Waals surface area contributed by atoms with E-state index in [0.29, 0.717) is 22.3 Å². The van der Waals surface area contributed by atoms with Crippen molar-refractivity contribution in [2.75, 3.05) is 16.8 Å². The number of anilines is 2. The number of carbonyl (C=O) groups is 2. The van der Waals surface area contributed by atoms with Crippen molar-refractivity contribution in [1.29, 1.82) is 0 Å². The molecule has 3 rings (SSSR count). The van der Waals surface area contributed by atoms with Gasteiger partial charge in [0.1, 0.15) is 0 Å². The lowest BCUT2D eigenvalue weighted by Gasteiger charge is -2.19. The summed E-state index contributed by atoms with van der Waals surface area (Å²) in [5, 5.41) is 4.00. The van der Waals surface area contributed by atoms with E-state index >= 15 is 0 Å². The molecule has 1 aliphatic heterocycles. The number of aryl methyl sites for hydroxylation is 2. The number of rotatable bonds is 3. The van der Waals surface area contributed by atoms with Crippen LogP contribution in [0.2, 0.25) is 10.0 Å². The van der Waals surface area contributed by atoms with Gasteiger partial charge in [-0.2, -0.15) is 0 Å². The molecule has 1 atom stereocenters. The van der Waals surface area contributed by atoms with Gasteiger partial charge in [-0.15, -0.1) is 0 Å². The van der Waals surface area contributed by atoms with E-state index in [0.717, 1.165) is 16.8 Å². The lowest BCUT2D eigenvalue weighted by atomic mass is 10.1. The number of hydrogen-bond donors (Lipinski definition) is 1. The Balaban J connectivity index is 1.77. The minimum atomic E-state index is -0.413. The zero-order valence-corrected chi connectivity index (χ0v) is 15.5. The third-order valence-corrected chi connectivity index (χ3v) is 4.89. The summed E-state index contributed by atoms with van der Waals surface area (Å²) < 4.78 is 0. The van der Waals surface area contributed by atoms with Crippen LogP contribution in [0.15, 0.2) is 36.4 Å². The molecule has 0 saturated carbocycles. The number of benzene rings is 2. The standard InChI is InChI=1S/C19H18Cl2N2O2/c1-11-3-5-14(20)8-16(11)22-19(25)13-7-18(24)23(10-13)17-9-15(21)6-4-12(17)2/h3-6,8-9,13H,7,10H2,1-2H3,(H,22,25). The van der Waals surface area contributed by atoms with Crippen LogP contribution >= 0.6 is 23.2 Å². The fourth-order valence-electron chi connectivity index (χ4n) is 2.95. The molecule has 1 heterocycles. The van der Waals surface area contributed by atoms with Gasteiger partial charge in [-0.1, -0.05) is 35.3 Å². The van der Waals surface area contributed by atoms with Gasteiger partial charge in [0, 0.05) is 34.4 Å². The summed E-state index contributed by atoms with van der Waals surface area (Å²) in [5.41, 5.74) is 3.29. The predicted octanol–water partition coefficient (Wildman–Crippen LogP) is 4.60. The monoisotopic (exact) mass is 376 g/mol. The Labute approximate surface area is 156 Å². The Hall–Kier alpha value is -2.04. The molecular formula is C19H18Cl2N2O2. The summed E-state index contributed by atoms with van der Waals surface area (Å²) >= 11 is 12.0. The maximum atomic E-state index is 12.6. The second-order valence-corrected chi connectivity index (χ2v) is 7.16. The molecular weight excluding hydrogens is 359 g/mol. The first-order valence-electron chi connectivity index (χ1n) is 7.98. The maximum absolute atomic E-state index is 12.6. The summed E-state index contributed by atoms with van der Waals surface area (Å²) in [5.74, 6) is -0.668. The van der Waals surface area contributed by atoms with Gasteiger partial charge < -0.3 is 10.2 Å². The van der Waals surface area contributed by atoms with E-state index in [1.165, 1.54) is 0 Å². The van der Waals surface area contributed by atoms with Crippen LogP contribution in [-0.4, -0.2) is 18.4 Å². The first-order chi connectivity index (χ1) is 11.8. The fraction of sp³-hybridized carbons (Fsp3) is 0.263. The zero-order valence-electron chi connectivity index (χ0n) is 14.0. The molecule has 0 bridgehead atoms. The van der Waals surface area contributed by atoms with Crippen LogP contribution in [0.3, 0.4) is 0 Å². The summed E-state index contributed by atoms with van der Waals surface area (Å²) in [6.07, 6.45) is 0.178. The maximum Gasteiger partial charge on any atom is 0.229 e. The molecule has 2 aromatic carbocycles. The van der Waals surface area contributed by atoms with Gasteiger partial charge in [0.2, 0.25) is 11.8 Å². The number of hydrogen-bond acceptors (Lipinski definition) is 2. The van der Waals surface area contributed by atoms with E-state index in [2.05, 4.69) is 5.32 Å². The molecule has 0 aromatic heterocycles. The van der Waals surface area contributed by atoms with Gasteiger partial charge in [-0.3, -0.25) is 9.59 Å². The molecule has 2 aromatic rings. The number of amides is 2.